The predicted octanol–water partition coefficient (Wildman–Crippen LogP) is 1.37. The van der Waals surface area contributed by atoms with Gasteiger partial charge in [-0.1, -0.05) is 0 Å². The van der Waals surface area contributed by atoms with Crippen molar-refractivity contribution in [3.8, 4) is 17.2 Å². The van der Waals surface area contributed by atoms with E-state index in [1.165, 1.54) is 25.3 Å². The number of hydrogen-bond donors (Lipinski definition) is 2. The van der Waals surface area contributed by atoms with E-state index >= 15 is 0 Å². The Morgan fingerprint density at radius 3 is 2.52 bits per heavy atom. The van der Waals surface area contributed by atoms with Crippen LogP contribution in [0, 0.1) is 0 Å². The fraction of sp³-hybridized carbons (Fsp3) is 0.188. The Hall–Kier alpha value is -2.78. The lowest BCUT2D eigenvalue weighted by molar-refractivity contribution is 0.102. The average Bonchev–Trinajstić information content (AvgIpc) is 2.60. The molecule has 2 aromatic rings. The van der Waals surface area contributed by atoms with Crippen LogP contribution in [0.25, 0.3) is 0 Å². The van der Waals surface area contributed by atoms with Gasteiger partial charge in [-0.05, 0) is 36.4 Å². The topological polar surface area (TPSA) is 117 Å². The van der Waals surface area contributed by atoms with Crippen LogP contribution in [0.4, 0.5) is 5.69 Å². The number of carbonyl (C=O) groups is 1. The van der Waals surface area contributed by atoms with Gasteiger partial charge in [-0.2, -0.15) is 0 Å². The normalized spacial score (nSPS) is 13.2. The Morgan fingerprint density at radius 2 is 1.84 bits per heavy atom. The molecule has 1 heterocycles. The average molecular weight is 364 g/mol. The van der Waals surface area contributed by atoms with E-state index in [4.69, 9.17) is 19.3 Å². The largest absolute Gasteiger partial charge is 0.495 e. The number of anilines is 1. The maximum atomic E-state index is 12.4. The third-order valence-corrected chi connectivity index (χ3v) is 4.46. The van der Waals surface area contributed by atoms with Crippen LogP contribution in [0.1, 0.15) is 10.4 Å². The highest BCUT2D eigenvalue weighted by Gasteiger charge is 2.18. The Balaban J connectivity index is 1.86. The van der Waals surface area contributed by atoms with Crippen molar-refractivity contribution in [3.63, 3.8) is 0 Å². The van der Waals surface area contributed by atoms with Gasteiger partial charge in [-0.3, -0.25) is 4.79 Å². The van der Waals surface area contributed by atoms with Crippen LogP contribution < -0.4 is 24.7 Å². The number of nitrogens with one attached hydrogen (secondary N) is 1. The fourth-order valence-electron chi connectivity index (χ4n) is 2.36. The minimum atomic E-state index is -3.99. The molecule has 0 fully saturated rings. The monoisotopic (exact) mass is 364 g/mol. The lowest BCUT2D eigenvalue weighted by Gasteiger charge is -2.18. The molecule has 1 amide bonds. The van der Waals surface area contributed by atoms with Gasteiger partial charge in [-0.15, -0.1) is 0 Å². The van der Waals surface area contributed by atoms with Crippen LogP contribution >= 0.6 is 0 Å². The number of ether oxygens (including phenoxy) is 3. The van der Waals surface area contributed by atoms with Crippen LogP contribution in [-0.2, 0) is 10.0 Å². The van der Waals surface area contributed by atoms with E-state index in [-0.39, 0.29) is 16.3 Å². The second-order valence-corrected chi connectivity index (χ2v) is 6.75. The van der Waals surface area contributed by atoms with Crippen LogP contribution in [-0.4, -0.2) is 34.6 Å². The molecule has 0 saturated heterocycles. The minimum Gasteiger partial charge on any atom is -0.495 e. The van der Waals surface area contributed by atoms with Gasteiger partial charge in [0.2, 0.25) is 10.0 Å². The fourth-order valence-corrected chi connectivity index (χ4v) is 3.09. The number of sulfonamides is 1. The summed E-state index contributed by atoms with van der Waals surface area (Å²) in [5.41, 5.74) is 0.613. The van der Waals surface area contributed by atoms with Crippen molar-refractivity contribution in [1.29, 1.82) is 0 Å². The zero-order valence-electron chi connectivity index (χ0n) is 13.3. The number of primary sulfonamides is 1. The summed E-state index contributed by atoms with van der Waals surface area (Å²) in [6, 6.07) is 8.97. The van der Waals surface area contributed by atoms with Gasteiger partial charge in [0, 0.05) is 11.3 Å². The first kappa shape index (κ1) is 17.1. The molecule has 25 heavy (non-hydrogen) atoms. The molecule has 0 unspecified atom stereocenters. The molecule has 0 saturated carbocycles. The lowest BCUT2D eigenvalue weighted by Crippen LogP contribution is -2.18. The van der Waals surface area contributed by atoms with Crippen molar-refractivity contribution in [1.82, 2.24) is 0 Å². The predicted molar refractivity (Wildman–Crippen MR) is 89.8 cm³/mol. The van der Waals surface area contributed by atoms with Crippen molar-refractivity contribution in [2.24, 2.45) is 5.14 Å². The molecule has 3 N–H and O–H groups in total. The van der Waals surface area contributed by atoms with Crippen molar-refractivity contribution in [2.75, 3.05) is 25.6 Å². The molecule has 0 bridgehead atoms. The van der Waals surface area contributed by atoms with Gasteiger partial charge in [-0.25, -0.2) is 13.6 Å². The van der Waals surface area contributed by atoms with E-state index in [1.54, 1.807) is 18.2 Å². The first-order chi connectivity index (χ1) is 11.9. The first-order valence-corrected chi connectivity index (χ1v) is 8.85. The molecular formula is C16H16N2O6S. The van der Waals surface area contributed by atoms with Crippen LogP contribution in [0.15, 0.2) is 41.3 Å². The summed E-state index contributed by atoms with van der Waals surface area (Å²) in [5, 5.41) is 7.79. The molecular weight excluding hydrogens is 348 g/mol. The zero-order chi connectivity index (χ0) is 18.0. The smallest absolute Gasteiger partial charge is 0.255 e. The van der Waals surface area contributed by atoms with E-state index < -0.39 is 15.9 Å². The van der Waals surface area contributed by atoms with Gasteiger partial charge in [0.25, 0.3) is 5.91 Å². The van der Waals surface area contributed by atoms with E-state index in [0.29, 0.717) is 30.3 Å². The maximum Gasteiger partial charge on any atom is 0.255 e. The highest BCUT2D eigenvalue weighted by molar-refractivity contribution is 7.89. The molecule has 132 valence electrons. The highest BCUT2D eigenvalue weighted by atomic mass is 32.2. The summed E-state index contributed by atoms with van der Waals surface area (Å²) in [4.78, 5) is 12.2. The molecule has 8 nitrogen and oxygen atoms in total. The van der Waals surface area contributed by atoms with E-state index in [9.17, 15) is 13.2 Å². The summed E-state index contributed by atoms with van der Waals surface area (Å²) >= 11 is 0. The number of nitrogens with two attached hydrogens (primary N) is 1. The van der Waals surface area contributed by atoms with Crippen molar-refractivity contribution in [2.45, 2.75) is 4.90 Å². The van der Waals surface area contributed by atoms with Crippen LogP contribution in [0.2, 0.25) is 0 Å². The van der Waals surface area contributed by atoms with Crippen molar-refractivity contribution < 1.29 is 27.4 Å². The number of carbonyl (C=O) groups excluding carboxylic acids is 1. The Kier molecular flexibility index (Phi) is 4.51. The van der Waals surface area contributed by atoms with E-state index in [2.05, 4.69) is 5.32 Å². The van der Waals surface area contributed by atoms with Gasteiger partial charge in [0.05, 0.1) is 7.11 Å². The quantitative estimate of drug-likeness (QED) is 0.846. The third kappa shape index (κ3) is 3.67. The first-order valence-electron chi connectivity index (χ1n) is 7.30. The Morgan fingerprint density at radius 1 is 1.12 bits per heavy atom. The van der Waals surface area contributed by atoms with E-state index in [0.717, 1.165) is 0 Å². The molecule has 0 aromatic heterocycles. The number of amides is 1. The van der Waals surface area contributed by atoms with Crippen molar-refractivity contribution in [3.05, 3.63) is 42.0 Å². The summed E-state index contributed by atoms with van der Waals surface area (Å²) in [7, 11) is -2.66. The highest BCUT2D eigenvalue weighted by Crippen LogP contribution is 2.31. The summed E-state index contributed by atoms with van der Waals surface area (Å²) in [5.74, 6) is 0.727. The second-order valence-electron chi connectivity index (χ2n) is 5.22. The number of fused-ring (bicyclic) bond motifs is 1. The van der Waals surface area contributed by atoms with Gasteiger partial charge in [0.15, 0.2) is 11.5 Å². The molecule has 2 aromatic carbocycles. The molecule has 3 rings (SSSR count). The minimum absolute atomic E-state index is 0.0971. The number of methoxy groups -OCH3 is 1. The molecule has 1 aliphatic rings. The second kappa shape index (κ2) is 6.61. The van der Waals surface area contributed by atoms with E-state index in [1.807, 2.05) is 0 Å². The molecule has 0 spiro atoms. The number of rotatable bonds is 4. The molecule has 0 atom stereocenters. The van der Waals surface area contributed by atoms with Gasteiger partial charge >= 0.3 is 0 Å². The van der Waals surface area contributed by atoms with Gasteiger partial charge in [0.1, 0.15) is 23.9 Å². The molecule has 0 aliphatic carbocycles. The number of hydrogen-bond acceptors (Lipinski definition) is 6. The van der Waals surface area contributed by atoms with Crippen LogP contribution in [0.5, 0.6) is 17.2 Å². The zero-order valence-corrected chi connectivity index (χ0v) is 14.1. The SMILES string of the molecule is COc1ccc(NC(=O)c2ccc3c(c2)OCCO3)cc1S(N)(=O)=O. The summed E-state index contributed by atoms with van der Waals surface area (Å²) in [6.07, 6.45) is 0. The van der Waals surface area contributed by atoms with Crippen molar-refractivity contribution >= 4 is 21.6 Å². The molecule has 9 heteroatoms. The third-order valence-electron chi connectivity index (χ3n) is 3.53. The summed E-state index contributed by atoms with van der Waals surface area (Å²) < 4.78 is 39.1. The Bertz CT molecular complexity index is 926. The molecule has 0 radical (unpaired) electrons. The van der Waals surface area contributed by atoms with Gasteiger partial charge < -0.3 is 19.5 Å². The molecule has 1 aliphatic heterocycles. The maximum absolute atomic E-state index is 12.4. The number of benzene rings is 2. The summed E-state index contributed by atoms with van der Waals surface area (Å²) in [6.45, 7) is 0.870. The lowest BCUT2D eigenvalue weighted by atomic mass is 10.1. The van der Waals surface area contributed by atoms with Crippen LogP contribution in [0.3, 0.4) is 0 Å². The standard InChI is InChI=1S/C16H16N2O6S/c1-22-13-5-3-11(9-15(13)25(17,20)21)18-16(19)10-2-4-12-14(8-10)24-7-6-23-12/h2-5,8-9H,6-7H2,1H3,(H,18,19)(H2,17,20,21). The Labute approximate surface area is 144 Å².